The van der Waals surface area contributed by atoms with Crippen molar-refractivity contribution in [1.29, 1.82) is 0 Å². The zero-order valence-electron chi connectivity index (χ0n) is 24.4. The van der Waals surface area contributed by atoms with Crippen molar-refractivity contribution >= 4 is 23.9 Å². The first-order valence-corrected chi connectivity index (χ1v) is 12.3. The number of rotatable bonds is 15. The first kappa shape index (κ1) is 42.8. The van der Waals surface area contributed by atoms with Gasteiger partial charge in [0.25, 0.3) is 0 Å². The molecule has 1 atom stereocenters. The smallest absolute Gasteiger partial charge is 0.333 e. The van der Waals surface area contributed by atoms with Gasteiger partial charge in [0.2, 0.25) is 0 Å². The molecule has 11 nitrogen and oxygen atoms in total. The lowest BCUT2D eigenvalue weighted by Crippen LogP contribution is -2.15. The Kier molecular flexibility index (Phi) is 34.0. The Bertz CT molecular complexity index is 740. The van der Waals surface area contributed by atoms with Crippen LogP contribution in [-0.2, 0) is 42.9 Å². The summed E-state index contributed by atoms with van der Waals surface area (Å²) in [6.45, 7) is 25.6. The number of carbonyl (C=O) groups excluding carboxylic acids is 4. The van der Waals surface area contributed by atoms with Crippen molar-refractivity contribution in [2.24, 2.45) is 0 Å². The Labute approximate surface area is 233 Å². The molecule has 2 N–H and O–H groups in total. The van der Waals surface area contributed by atoms with E-state index in [4.69, 9.17) is 24.4 Å². The van der Waals surface area contributed by atoms with Crippen LogP contribution in [0.3, 0.4) is 0 Å². The van der Waals surface area contributed by atoms with Gasteiger partial charge in [-0.25, -0.2) is 19.2 Å². The normalized spacial score (nSPS) is 9.74. The summed E-state index contributed by atoms with van der Waals surface area (Å²) in [5.41, 5.74) is 1.23. The van der Waals surface area contributed by atoms with Gasteiger partial charge >= 0.3 is 23.9 Å². The van der Waals surface area contributed by atoms with Gasteiger partial charge in [-0.3, -0.25) is 0 Å². The summed E-state index contributed by atoms with van der Waals surface area (Å²) in [6.07, 6.45) is 2.42. The molecule has 0 aliphatic carbocycles. The van der Waals surface area contributed by atoms with Crippen LogP contribution in [0.4, 0.5) is 0 Å². The molecule has 0 aliphatic rings. The molecule has 0 radical (unpaired) electrons. The summed E-state index contributed by atoms with van der Waals surface area (Å²) in [5, 5.41) is 16.8. The van der Waals surface area contributed by atoms with Crippen LogP contribution in [0, 0.1) is 0 Å². The Hall–Kier alpha value is -3.28. The highest BCUT2D eigenvalue weighted by atomic mass is 16.6. The number of hydrogen-bond acceptors (Lipinski definition) is 11. The standard InChI is InChI=1S/C8H14O3.C8H14O2.C7H12O3.C5H8O3/c1-4-10-5-6-11-8(9)7(2)3;1-4-5-6-10-8(9)7(2)3;1-5(2)7(9)10-4-6(3)8;1-2-5(7)8-4-3-6/h2,4-6H2,1,3H3;2,4-6H2,1,3H3;6,8H,1,4H2,2-3H3;2,6H,1,3-4H2. The van der Waals surface area contributed by atoms with E-state index in [0.29, 0.717) is 43.1 Å². The number of aliphatic hydroxyl groups is 2. The second-order valence-corrected chi connectivity index (χ2v) is 7.71. The Morgan fingerprint density at radius 2 is 1.23 bits per heavy atom. The SMILES string of the molecule is C=C(C)C(=O)OCC(C)O.C=C(C)C(=O)OCCCC.C=C(C)C(=O)OCCOCC.C=CC(=O)OCCO. The number of esters is 4. The van der Waals surface area contributed by atoms with Crippen LogP contribution < -0.4 is 0 Å². The molecule has 0 heterocycles. The molecule has 0 spiro atoms. The summed E-state index contributed by atoms with van der Waals surface area (Å²) >= 11 is 0. The van der Waals surface area contributed by atoms with E-state index < -0.39 is 18.0 Å². The Morgan fingerprint density at radius 1 is 0.769 bits per heavy atom. The fraction of sp³-hybridized carbons (Fsp3) is 0.571. The molecule has 0 fully saturated rings. The number of ether oxygens (including phenoxy) is 5. The molecule has 0 aliphatic heterocycles. The molecule has 0 saturated heterocycles. The minimum Gasteiger partial charge on any atom is -0.462 e. The van der Waals surface area contributed by atoms with Gasteiger partial charge in [0.05, 0.1) is 25.9 Å². The maximum atomic E-state index is 10.7. The van der Waals surface area contributed by atoms with Crippen LogP contribution in [0.15, 0.2) is 49.1 Å². The third-order valence-corrected chi connectivity index (χ3v) is 3.40. The fourth-order valence-corrected chi connectivity index (χ4v) is 1.42. The zero-order valence-corrected chi connectivity index (χ0v) is 24.4. The summed E-state index contributed by atoms with van der Waals surface area (Å²) in [7, 11) is 0. The summed E-state index contributed by atoms with van der Waals surface area (Å²) in [6, 6.07) is 0. The lowest BCUT2D eigenvalue weighted by Gasteiger charge is -2.04. The molecule has 0 rings (SSSR count). The molecular weight excluding hydrogens is 512 g/mol. The summed E-state index contributed by atoms with van der Waals surface area (Å²) < 4.78 is 23.4. The van der Waals surface area contributed by atoms with Gasteiger partial charge in [-0.05, 0) is 41.0 Å². The molecule has 226 valence electrons. The van der Waals surface area contributed by atoms with Gasteiger partial charge < -0.3 is 33.9 Å². The minimum atomic E-state index is -0.608. The first-order chi connectivity index (χ1) is 18.2. The van der Waals surface area contributed by atoms with Crippen molar-refractivity contribution in [2.75, 3.05) is 46.2 Å². The first-order valence-electron chi connectivity index (χ1n) is 12.3. The van der Waals surface area contributed by atoms with Gasteiger partial charge in [-0.1, -0.05) is 39.7 Å². The number of hydrogen-bond donors (Lipinski definition) is 2. The lowest BCUT2D eigenvalue weighted by molar-refractivity contribution is -0.142. The average Bonchev–Trinajstić information content (AvgIpc) is 2.89. The maximum Gasteiger partial charge on any atom is 0.333 e. The van der Waals surface area contributed by atoms with E-state index in [1.54, 1.807) is 27.7 Å². The van der Waals surface area contributed by atoms with Crippen molar-refractivity contribution in [3.63, 3.8) is 0 Å². The molecule has 1 unspecified atom stereocenters. The second kappa shape index (κ2) is 30.9. The summed E-state index contributed by atoms with van der Waals surface area (Å²) in [5.74, 6) is -1.60. The van der Waals surface area contributed by atoms with E-state index in [2.05, 4.69) is 42.7 Å². The Balaban J connectivity index is -0.000000211. The molecule has 0 amide bonds. The van der Waals surface area contributed by atoms with Crippen LogP contribution in [0.1, 0.15) is 54.4 Å². The van der Waals surface area contributed by atoms with Crippen LogP contribution in [0.2, 0.25) is 0 Å². The van der Waals surface area contributed by atoms with E-state index in [0.717, 1.165) is 18.9 Å². The van der Waals surface area contributed by atoms with Crippen molar-refractivity contribution in [2.45, 2.75) is 60.5 Å². The van der Waals surface area contributed by atoms with Crippen molar-refractivity contribution in [3.05, 3.63) is 49.1 Å². The van der Waals surface area contributed by atoms with Gasteiger partial charge in [0.1, 0.15) is 19.8 Å². The number of aliphatic hydroxyl groups excluding tert-OH is 2. The molecule has 0 saturated carbocycles. The maximum absolute atomic E-state index is 10.7. The molecule has 39 heavy (non-hydrogen) atoms. The lowest BCUT2D eigenvalue weighted by atomic mass is 10.3. The van der Waals surface area contributed by atoms with Gasteiger partial charge in [0.15, 0.2) is 0 Å². The predicted molar refractivity (Wildman–Crippen MR) is 149 cm³/mol. The predicted octanol–water partition coefficient (Wildman–Crippen LogP) is 3.24. The monoisotopic (exact) mass is 560 g/mol. The number of unbranched alkanes of at least 4 members (excludes halogenated alkanes) is 1. The van der Waals surface area contributed by atoms with E-state index in [9.17, 15) is 19.2 Å². The van der Waals surface area contributed by atoms with E-state index in [1.165, 1.54) is 0 Å². The van der Waals surface area contributed by atoms with Gasteiger partial charge in [-0.15, -0.1) is 0 Å². The van der Waals surface area contributed by atoms with Crippen LogP contribution in [0.5, 0.6) is 0 Å². The highest BCUT2D eigenvalue weighted by Gasteiger charge is 2.04. The Morgan fingerprint density at radius 3 is 1.59 bits per heavy atom. The largest absolute Gasteiger partial charge is 0.462 e. The van der Waals surface area contributed by atoms with Crippen molar-refractivity contribution in [1.82, 2.24) is 0 Å². The van der Waals surface area contributed by atoms with E-state index in [1.807, 2.05) is 6.92 Å². The molecule has 0 aromatic heterocycles. The molecule has 0 aromatic carbocycles. The van der Waals surface area contributed by atoms with Gasteiger partial charge in [0, 0.05) is 29.4 Å². The molecule has 11 heteroatoms. The number of carbonyl (C=O) groups is 4. The van der Waals surface area contributed by atoms with Crippen molar-refractivity contribution in [3.8, 4) is 0 Å². The molecule has 0 bridgehead atoms. The highest BCUT2D eigenvalue weighted by molar-refractivity contribution is 5.87. The average molecular weight is 561 g/mol. The fourth-order valence-electron chi connectivity index (χ4n) is 1.42. The summed E-state index contributed by atoms with van der Waals surface area (Å²) in [4.78, 5) is 42.2. The van der Waals surface area contributed by atoms with Crippen molar-refractivity contribution < 1.29 is 53.1 Å². The van der Waals surface area contributed by atoms with Gasteiger partial charge in [-0.2, -0.15) is 0 Å². The topological polar surface area (TPSA) is 155 Å². The van der Waals surface area contributed by atoms with Crippen LogP contribution in [0.25, 0.3) is 0 Å². The third-order valence-electron chi connectivity index (χ3n) is 3.40. The van der Waals surface area contributed by atoms with E-state index >= 15 is 0 Å². The second-order valence-electron chi connectivity index (χ2n) is 7.71. The minimum absolute atomic E-state index is 0.0334. The third kappa shape index (κ3) is 39.4. The van der Waals surface area contributed by atoms with E-state index in [-0.39, 0.29) is 31.8 Å². The molecule has 0 aromatic rings. The van der Waals surface area contributed by atoms with Crippen LogP contribution >= 0.6 is 0 Å². The zero-order chi connectivity index (χ0) is 31.2. The quantitative estimate of drug-likeness (QED) is 0.131. The molecular formula is C28H48O11. The van der Waals surface area contributed by atoms with Crippen LogP contribution in [-0.4, -0.2) is 86.4 Å². The highest BCUT2D eigenvalue weighted by Crippen LogP contribution is 1.95.